The van der Waals surface area contributed by atoms with Gasteiger partial charge in [0.15, 0.2) is 4.90 Å². The third kappa shape index (κ3) is 5.38. The van der Waals surface area contributed by atoms with Gasteiger partial charge in [0.05, 0.1) is 34.2 Å². The van der Waals surface area contributed by atoms with Gasteiger partial charge in [0.1, 0.15) is 5.82 Å². The number of nitriles is 2. The minimum Gasteiger partial charge on any atom is -0.493 e. The number of benzene rings is 3. The van der Waals surface area contributed by atoms with Crippen molar-refractivity contribution in [3.63, 3.8) is 0 Å². The molecule has 0 unspecified atom stereocenters. The van der Waals surface area contributed by atoms with E-state index in [1.165, 1.54) is 16.7 Å². The van der Waals surface area contributed by atoms with Crippen LogP contribution in [0.15, 0.2) is 87.4 Å². The Hall–Kier alpha value is -4.73. The minimum absolute atomic E-state index is 0.188. The van der Waals surface area contributed by atoms with Crippen molar-refractivity contribution >= 4 is 9.84 Å². The second-order valence-corrected chi connectivity index (χ2v) is 11.2. The number of rotatable bonds is 9. The van der Waals surface area contributed by atoms with Gasteiger partial charge in [-0.25, -0.2) is 8.42 Å². The molecule has 0 bridgehead atoms. The van der Waals surface area contributed by atoms with Crippen LogP contribution in [0.5, 0.6) is 5.88 Å². The number of aromatic hydroxyl groups is 1. The average molecular weight is 553 g/mol. The van der Waals surface area contributed by atoms with Gasteiger partial charge in [-0.3, -0.25) is 9.36 Å². The Kier molecular flexibility index (Phi) is 8.47. The van der Waals surface area contributed by atoms with E-state index in [0.717, 1.165) is 6.42 Å². The molecule has 0 radical (unpaired) electrons. The lowest BCUT2D eigenvalue weighted by Gasteiger charge is -2.25. The van der Waals surface area contributed by atoms with Crippen LogP contribution in [0.4, 0.5) is 0 Å². The first kappa shape index (κ1) is 28.3. The van der Waals surface area contributed by atoms with Gasteiger partial charge in [-0.1, -0.05) is 62.7 Å². The standard InChI is InChI=1S/C31H28N4O4S/c1-3-5-13-28-34-30(36)29(31(37)35(28)27(4-2)23-11-8-9-21(18-23)19-32)40(38,39)25-16-14-22(15-17-25)26-12-7-6-10-24(26)20-33/h6-12,14-18,27,37H,3-5,13H2,1-2H3/t27-/m0/s1. The number of hydrogen-bond acceptors (Lipinski definition) is 7. The van der Waals surface area contributed by atoms with Crippen LogP contribution in [0.3, 0.4) is 0 Å². The number of unbranched alkanes of at least 4 members (excludes halogenated alkanes) is 1. The zero-order chi connectivity index (χ0) is 28.9. The highest BCUT2D eigenvalue weighted by Gasteiger charge is 2.32. The smallest absolute Gasteiger partial charge is 0.296 e. The number of hydrogen-bond donors (Lipinski definition) is 1. The molecule has 0 amide bonds. The maximum Gasteiger partial charge on any atom is 0.296 e. The first-order chi connectivity index (χ1) is 19.3. The van der Waals surface area contributed by atoms with E-state index in [2.05, 4.69) is 17.1 Å². The van der Waals surface area contributed by atoms with Gasteiger partial charge in [-0.05, 0) is 59.9 Å². The van der Waals surface area contributed by atoms with Crippen molar-refractivity contribution in [2.45, 2.75) is 55.4 Å². The van der Waals surface area contributed by atoms with Crippen LogP contribution in [0.2, 0.25) is 0 Å². The molecule has 0 saturated carbocycles. The summed E-state index contributed by atoms with van der Waals surface area (Å²) in [5, 5.41) is 30.3. The lowest BCUT2D eigenvalue weighted by Crippen LogP contribution is -2.27. The number of aryl methyl sites for hydroxylation is 1. The molecule has 0 fully saturated rings. The van der Waals surface area contributed by atoms with Crippen molar-refractivity contribution in [3.8, 4) is 29.1 Å². The summed E-state index contributed by atoms with van der Waals surface area (Å²) < 4.78 is 28.9. The van der Waals surface area contributed by atoms with Gasteiger partial charge < -0.3 is 5.11 Å². The Balaban J connectivity index is 1.88. The highest BCUT2D eigenvalue weighted by Crippen LogP contribution is 2.34. The van der Waals surface area contributed by atoms with Crippen molar-refractivity contribution in [1.29, 1.82) is 10.5 Å². The summed E-state index contributed by atoms with van der Waals surface area (Å²) >= 11 is 0. The zero-order valence-electron chi connectivity index (χ0n) is 22.2. The molecule has 0 spiro atoms. The summed E-state index contributed by atoms with van der Waals surface area (Å²) in [4.78, 5) is 16.3. The second-order valence-electron chi connectivity index (χ2n) is 9.31. The summed E-state index contributed by atoms with van der Waals surface area (Å²) in [6, 6.07) is 23.3. The molecular weight excluding hydrogens is 524 g/mol. The van der Waals surface area contributed by atoms with E-state index < -0.39 is 32.2 Å². The SMILES string of the molecule is CCCCc1nc(=O)c(S(=O)(=O)c2ccc(-c3ccccc3C#N)cc2)c(O)n1[C@@H](CC)c1cccc(C#N)c1. The third-order valence-corrected chi connectivity index (χ3v) is 8.57. The molecule has 8 nitrogen and oxygen atoms in total. The molecule has 4 rings (SSSR count). The molecule has 9 heteroatoms. The summed E-state index contributed by atoms with van der Waals surface area (Å²) in [5.74, 6) is -0.403. The van der Waals surface area contributed by atoms with Gasteiger partial charge in [0, 0.05) is 6.42 Å². The number of sulfone groups is 1. The molecule has 4 aromatic rings. The molecule has 0 aliphatic carbocycles. The Morgan fingerprint density at radius 1 is 0.975 bits per heavy atom. The molecule has 1 N–H and O–H groups in total. The normalized spacial score (nSPS) is 11.9. The Labute approximate surface area is 233 Å². The second kappa shape index (κ2) is 12.0. The predicted molar refractivity (Wildman–Crippen MR) is 150 cm³/mol. The van der Waals surface area contributed by atoms with Crippen molar-refractivity contribution in [2.75, 3.05) is 0 Å². The van der Waals surface area contributed by atoms with Gasteiger partial charge >= 0.3 is 0 Å². The molecule has 1 atom stereocenters. The van der Waals surface area contributed by atoms with Crippen LogP contribution in [-0.2, 0) is 16.3 Å². The fourth-order valence-electron chi connectivity index (χ4n) is 4.77. The zero-order valence-corrected chi connectivity index (χ0v) is 23.0. The summed E-state index contributed by atoms with van der Waals surface area (Å²) in [6.07, 6.45) is 2.29. The lowest BCUT2D eigenvalue weighted by atomic mass is 10.0. The Morgan fingerprint density at radius 2 is 1.70 bits per heavy atom. The van der Waals surface area contributed by atoms with E-state index in [9.17, 15) is 28.8 Å². The third-order valence-electron chi connectivity index (χ3n) is 6.78. The fraction of sp³-hybridized carbons (Fsp3) is 0.226. The van der Waals surface area contributed by atoms with Crippen molar-refractivity contribution in [1.82, 2.24) is 9.55 Å². The van der Waals surface area contributed by atoms with Crippen LogP contribution < -0.4 is 5.56 Å². The molecule has 0 saturated heterocycles. The topological polar surface area (TPSA) is 137 Å². The van der Waals surface area contributed by atoms with E-state index in [0.29, 0.717) is 47.1 Å². The highest BCUT2D eigenvalue weighted by molar-refractivity contribution is 7.91. The first-order valence-corrected chi connectivity index (χ1v) is 14.4. The molecule has 0 aliphatic rings. The van der Waals surface area contributed by atoms with Crippen LogP contribution in [0, 0.1) is 22.7 Å². The van der Waals surface area contributed by atoms with E-state index >= 15 is 0 Å². The maximum atomic E-state index is 13.8. The highest BCUT2D eigenvalue weighted by atomic mass is 32.2. The van der Waals surface area contributed by atoms with Gasteiger partial charge in [-0.15, -0.1) is 0 Å². The first-order valence-electron chi connectivity index (χ1n) is 13.0. The average Bonchev–Trinajstić information content (AvgIpc) is 2.97. The van der Waals surface area contributed by atoms with E-state index in [1.807, 2.05) is 13.8 Å². The largest absolute Gasteiger partial charge is 0.493 e. The number of nitrogens with zero attached hydrogens (tertiary/aromatic N) is 4. The monoisotopic (exact) mass is 552 g/mol. The van der Waals surface area contributed by atoms with Crippen LogP contribution >= 0.6 is 0 Å². The summed E-state index contributed by atoms with van der Waals surface area (Å²) in [7, 11) is -4.47. The summed E-state index contributed by atoms with van der Waals surface area (Å²) in [5.41, 5.74) is 1.80. The van der Waals surface area contributed by atoms with E-state index in [-0.39, 0.29) is 10.7 Å². The molecule has 1 heterocycles. The number of aromatic nitrogens is 2. The molecule has 40 heavy (non-hydrogen) atoms. The Bertz CT molecular complexity index is 1800. The maximum absolute atomic E-state index is 13.8. The van der Waals surface area contributed by atoms with Crippen LogP contribution in [-0.4, -0.2) is 23.1 Å². The molecule has 1 aromatic heterocycles. The predicted octanol–water partition coefficient (Wildman–Crippen LogP) is 5.53. The molecule has 0 aliphatic heterocycles. The van der Waals surface area contributed by atoms with Crippen molar-refractivity contribution in [3.05, 3.63) is 106 Å². The summed E-state index contributed by atoms with van der Waals surface area (Å²) in [6.45, 7) is 3.85. The van der Waals surface area contributed by atoms with Crippen molar-refractivity contribution < 1.29 is 13.5 Å². The van der Waals surface area contributed by atoms with Crippen molar-refractivity contribution in [2.24, 2.45) is 0 Å². The molecule has 202 valence electrons. The van der Waals surface area contributed by atoms with Gasteiger partial charge in [0.2, 0.25) is 15.7 Å². The van der Waals surface area contributed by atoms with Gasteiger partial charge in [0.25, 0.3) is 5.56 Å². The lowest BCUT2D eigenvalue weighted by molar-refractivity contribution is 0.358. The van der Waals surface area contributed by atoms with Gasteiger partial charge in [-0.2, -0.15) is 15.5 Å². The Morgan fingerprint density at radius 3 is 2.35 bits per heavy atom. The quantitative estimate of drug-likeness (QED) is 0.288. The van der Waals surface area contributed by atoms with Crippen LogP contribution in [0.25, 0.3) is 11.1 Å². The minimum atomic E-state index is -4.47. The van der Waals surface area contributed by atoms with Crippen LogP contribution in [0.1, 0.15) is 61.7 Å². The van der Waals surface area contributed by atoms with E-state index in [1.54, 1.807) is 60.7 Å². The fourth-order valence-corrected chi connectivity index (χ4v) is 6.11. The molecule has 3 aromatic carbocycles. The van der Waals surface area contributed by atoms with E-state index in [4.69, 9.17) is 0 Å². The molecular formula is C31H28N4O4S.